The van der Waals surface area contributed by atoms with Gasteiger partial charge in [0.25, 0.3) is 0 Å². The van der Waals surface area contributed by atoms with Gasteiger partial charge in [-0.15, -0.1) is 0 Å². The molecule has 1 aliphatic rings. The number of likely N-dealkylation sites (N-methyl/N-ethyl adjacent to an activating group) is 1. The van der Waals surface area contributed by atoms with Crippen LogP contribution in [0.5, 0.6) is 0 Å². The highest BCUT2D eigenvalue weighted by Gasteiger charge is 2.37. The lowest BCUT2D eigenvalue weighted by Gasteiger charge is -2.32. The van der Waals surface area contributed by atoms with Crippen LogP contribution in [0.3, 0.4) is 0 Å². The van der Waals surface area contributed by atoms with Gasteiger partial charge < -0.3 is 4.90 Å². The molecule has 0 saturated heterocycles. The van der Waals surface area contributed by atoms with Crippen molar-refractivity contribution in [3.05, 3.63) is 108 Å². The number of hydrogen-bond acceptors (Lipinski definition) is 2. The van der Waals surface area contributed by atoms with E-state index in [0.717, 1.165) is 11.4 Å². The SMILES string of the molecule is CN1C(c2ccccc2)=N[N+](C)=C(c2ccccc2)C1c1ccccc1. The second kappa shape index (κ2) is 6.96. The largest absolute Gasteiger partial charge is 0.337 e. The summed E-state index contributed by atoms with van der Waals surface area (Å²) < 4.78 is 2.02. The summed E-state index contributed by atoms with van der Waals surface area (Å²) in [5.41, 5.74) is 4.74. The minimum Gasteiger partial charge on any atom is -0.337 e. The second-order valence-corrected chi connectivity index (χ2v) is 6.49. The molecule has 0 radical (unpaired) electrons. The third kappa shape index (κ3) is 2.92. The van der Waals surface area contributed by atoms with Crippen molar-refractivity contribution < 1.29 is 4.68 Å². The molecule has 1 heterocycles. The van der Waals surface area contributed by atoms with E-state index in [-0.39, 0.29) is 6.04 Å². The van der Waals surface area contributed by atoms with Crippen molar-refractivity contribution >= 4 is 11.5 Å². The molecule has 0 fully saturated rings. The molecule has 1 aliphatic heterocycles. The number of rotatable bonds is 3. The monoisotopic (exact) mass is 340 g/mol. The molecular formula is C23H22N3+. The first kappa shape index (κ1) is 16.3. The average molecular weight is 340 g/mol. The molecule has 1 atom stereocenters. The Morgan fingerprint density at radius 2 is 1.23 bits per heavy atom. The molecule has 4 rings (SSSR count). The van der Waals surface area contributed by atoms with Gasteiger partial charge in [0.05, 0.1) is 0 Å². The van der Waals surface area contributed by atoms with E-state index in [2.05, 4.69) is 90.8 Å². The van der Waals surface area contributed by atoms with E-state index in [1.165, 1.54) is 16.8 Å². The molecule has 0 bridgehead atoms. The second-order valence-electron chi connectivity index (χ2n) is 6.49. The van der Waals surface area contributed by atoms with Gasteiger partial charge in [0, 0.05) is 23.3 Å². The summed E-state index contributed by atoms with van der Waals surface area (Å²) in [5.74, 6) is 0.974. The third-order valence-corrected chi connectivity index (χ3v) is 4.79. The molecule has 26 heavy (non-hydrogen) atoms. The molecule has 3 heteroatoms. The quantitative estimate of drug-likeness (QED) is 0.655. The van der Waals surface area contributed by atoms with Gasteiger partial charge in [0.15, 0.2) is 7.05 Å². The Morgan fingerprint density at radius 1 is 0.731 bits per heavy atom. The zero-order valence-electron chi connectivity index (χ0n) is 15.1. The smallest absolute Gasteiger partial charge is 0.242 e. The van der Waals surface area contributed by atoms with Crippen LogP contribution in [-0.2, 0) is 0 Å². The highest BCUT2D eigenvalue weighted by atomic mass is 15.4. The number of amidine groups is 1. The van der Waals surface area contributed by atoms with Gasteiger partial charge in [-0.3, -0.25) is 0 Å². The maximum Gasteiger partial charge on any atom is 0.242 e. The first-order valence-electron chi connectivity index (χ1n) is 8.83. The molecule has 0 N–H and O–H groups in total. The predicted molar refractivity (Wildman–Crippen MR) is 107 cm³/mol. The van der Waals surface area contributed by atoms with Crippen molar-refractivity contribution in [1.29, 1.82) is 0 Å². The molecule has 3 nitrogen and oxygen atoms in total. The predicted octanol–water partition coefficient (Wildman–Crippen LogP) is 4.17. The lowest BCUT2D eigenvalue weighted by molar-refractivity contribution is -0.507. The van der Waals surface area contributed by atoms with E-state index in [9.17, 15) is 0 Å². The molecule has 1 unspecified atom stereocenters. The lowest BCUT2D eigenvalue weighted by Crippen LogP contribution is -2.43. The molecule has 0 aromatic heterocycles. The van der Waals surface area contributed by atoms with E-state index < -0.39 is 0 Å². The maximum absolute atomic E-state index is 4.91. The van der Waals surface area contributed by atoms with E-state index in [0.29, 0.717) is 0 Å². The maximum atomic E-state index is 4.91. The average Bonchev–Trinajstić information content (AvgIpc) is 2.71. The van der Waals surface area contributed by atoms with E-state index in [1.807, 2.05) is 23.9 Å². The van der Waals surface area contributed by atoms with Gasteiger partial charge in [-0.2, -0.15) is 0 Å². The van der Waals surface area contributed by atoms with Crippen molar-refractivity contribution in [2.75, 3.05) is 14.1 Å². The molecule has 0 spiro atoms. The first-order valence-corrected chi connectivity index (χ1v) is 8.83. The van der Waals surface area contributed by atoms with Crippen LogP contribution in [0.1, 0.15) is 22.7 Å². The molecule has 128 valence electrons. The van der Waals surface area contributed by atoms with E-state index >= 15 is 0 Å². The van der Waals surface area contributed by atoms with Gasteiger partial charge in [-0.25, -0.2) is 0 Å². The van der Waals surface area contributed by atoms with Crippen LogP contribution >= 0.6 is 0 Å². The molecule has 0 amide bonds. The van der Waals surface area contributed by atoms with Crippen LogP contribution in [-0.4, -0.2) is 35.2 Å². The van der Waals surface area contributed by atoms with Crippen molar-refractivity contribution in [3.63, 3.8) is 0 Å². The fourth-order valence-electron chi connectivity index (χ4n) is 3.57. The normalized spacial score (nSPS) is 17.2. The Labute approximate surface area is 154 Å². The topological polar surface area (TPSA) is 18.6 Å². The molecule has 3 aromatic carbocycles. The Hall–Kier alpha value is -3.20. The lowest BCUT2D eigenvalue weighted by atomic mass is 9.94. The van der Waals surface area contributed by atoms with E-state index in [1.54, 1.807) is 0 Å². The standard InChI is InChI=1S/C23H22N3/c1-25-21(18-12-6-3-7-13-18)22(19-14-8-4-9-15-19)26(2)24-23(25)20-16-10-5-11-17-20/h3-17,21H,1-2H3/q+1. The Balaban J connectivity index is 1.92. The Kier molecular flexibility index (Phi) is 4.36. The van der Waals surface area contributed by atoms with Crippen LogP contribution in [0.2, 0.25) is 0 Å². The van der Waals surface area contributed by atoms with Gasteiger partial charge in [0.1, 0.15) is 6.04 Å². The van der Waals surface area contributed by atoms with Crippen LogP contribution in [0.25, 0.3) is 0 Å². The fraction of sp³-hybridized carbons (Fsp3) is 0.130. The molecule has 3 aromatic rings. The first-order chi connectivity index (χ1) is 12.8. The van der Waals surface area contributed by atoms with Crippen LogP contribution in [0.15, 0.2) is 96.1 Å². The summed E-state index contributed by atoms with van der Waals surface area (Å²) in [5, 5.41) is 4.91. The molecule has 0 aliphatic carbocycles. The van der Waals surface area contributed by atoms with Gasteiger partial charge in [0.2, 0.25) is 11.5 Å². The summed E-state index contributed by atoms with van der Waals surface area (Å²) in [7, 11) is 4.16. The number of hydrazone groups is 1. The van der Waals surface area contributed by atoms with Crippen LogP contribution in [0.4, 0.5) is 0 Å². The van der Waals surface area contributed by atoms with Crippen molar-refractivity contribution in [2.45, 2.75) is 6.04 Å². The summed E-state index contributed by atoms with van der Waals surface area (Å²) in [6.07, 6.45) is 0. The van der Waals surface area contributed by atoms with Crippen molar-refractivity contribution in [3.8, 4) is 0 Å². The molecular weight excluding hydrogens is 318 g/mol. The molecule has 0 saturated carbocycles. The minimum atomic E-state index is 0.0938. The van der Waals surface area contributed by atoms with Gasteiger partial charge in [-0.05, 0) is 17.7 Å². The summed E-state index contributed by atoms with van der Waals surface area (Å²) >= 11 is 0. The Bertz CT molecular complexity index is 945. The third-order valence-electron chi connectivity index (χ3n) is 4.79. The minimum absolute atomic E-state index is 0.0938. The zero-order valence-corrected chi connectivity index (χ0v) is 15.1. The highest BCUT2D eigenvalue weighted by molar-refractivity contribution is 6.08. The fourth-order valence-corrected chi connectivity index (χ4v) is 3.57. The van der Waals surface area contributed by atoms with Crippen molar-refractivity contribution in [2.24, 2.45) is 5.10 Å². The number of benzene rings is 3. The van der Waals surface area contributed by atoms with E-state index in [4.69, 9.17) is 5.10 Å². The summed E-state index contributed by atoms with van der Waals surface area (Å²) in [6, 6.07) is 31.6. The number of nitrogens with zero attached hydrogens (tertiary/aromatic N) is 3. The van der Waals surface area contributed by atoms with Gasteiger partial charge >= 0.3 is 0 Å². The number of hydrogen-bond donors (Lipinski definition) is 0. The van der Waals surface area contributed by atoms with Crippen molar-refractivity contribution in [1.82, 2.24) is 4.90 Å². The zero-order chi connectivity index (χ0) is 17.9. The highest BCUT2D eigenvalue weighted by Crippen LogP contribution is 2.29. The van der Waals surface area contributed by atoms with Crippen LogP contribution < -0.4 is 0 Å². The van der Waals surface area contributed by atoms with Gasteiger partial charge in [-0.1, -0.05) is 83.5 Å². The summed E-state index contributed by atoms with van der Waals surface area (Å²) in [4.78, 5) is 2.27. The van der Waals surface area contributed by atoms with Crippen LogP contribution in [0, 0.1) is 0 Å². The Morgan fingerprint density at radius 3 is 1.81 bits per heavy atom. The summed E-state index contributed by atoms with van der Waals surface area (Å²) in [6.45, 7) is 0.